The lowest BCUT2D eigenvalue weighted by atomic mass is 9.82. The smallest absolute Gasteiger partial charge is 0.230 e. The van der Waals surface area contributed by atoms with Gasteiger partial charge in [0.25, 0.3) is 0 Å². The maximum Gasteiger partial charge on any atom is 0.230 e. The second-order valence-corrected chi connectivity index (χ2v) is 6.12. The molecule has 2 N–H and O–H groups in total. The molecular weight excluding hydrogens is 212 g/mol. The topological polar surface area (TPSA) is 46.3 Å². The van der Waals surface area contributed by atoms with E-state index in [0.29, 0.717) is 6.04 Å². The second-order valence-electron chi connectivity index (χ2n) is 6.12. The van der Waals surface area contributed by atoms with E-state index in [4.69, 9.17) is 5.73 Å². The van der Waals surface area contributed by atoms with E-state index in [-0.39, 0.29) is 17.4 Å². The van der Waals surface area contributed by atoms with Gasteiger partial charge in [-0.05, 0) is 32.6 Å². The summed E-state index contributed by atoms with van der Waals surface area (Å²) in [5.41, 5.74) is 5.83. The molecule has 0 aromatic rings. The van der Waals surface area contributed by atoms with Gasteiger partial charge in [-0.25, -0.2) is 0 Å². The molecule has 0 spiro atoms. The van der Waals surface area contributed by atoms with Crippen molar-refractivity contribution in [3.8, 4) is 0 Å². The number of carbonyl (C=O) groups excluding carboxylic acids is 1. The van der Waals surface area contributed by atoms with Gasteiger partial charge in [0.05, 0.1) is 5.41 Å². The van der Waals surface area contributed by atoms with E-state index < -0.39 is 0 Å². The molecule has 3 nitrogen and oxygen atoms in total. The summed E-state index contributed by atoms with van der Waals surface area (Å²) in [7, 11) is 1.98. The van der Waals surface area contributed by atoms with E-state index in [1.165, 1.54) is 32.1 Å². The van der Waals surface area contributed by atoms with Crippen molar-refractivity contribution in [2.75, 3.05) is 7.05 Å². The molecule has 2 rings (SSSR count). The molecule has 0 heterocycles. The average Bonchev–Trinajstić information content (AvgIpc) is 2.70. The minimum Gasteiger partial charge on any atom is -0.342 e. The van der Waals surface area contributed by atoms with E-state index in [2.05, 4.69) is 6.92 Å². The van der Waals surface area contributed by atoms with Crippen LogP contribution in [-0.4, -0.2) is 29.9 Å². The largest absolute Gasteiger partial charge is 0.342 e. The number of hydrogen-bond acceptors (Lipinski definition) is 2. The Morgan fingerprint density at radius 3 is 2.35 bits per heavy atom. The Kier molecular flexibility index (Phi) is 3.76. The van der Waals surface area contributed by atoms with Crippen LogP contribution in [0.3, 0.4) is 0 Å². The molecule has 2 saturated carbocycles. The van der Waals surface area contributed by atoms with Crippen molar-refractivity contribution < 1.29 is 4.79 Å². The lowest BCUT2D eigenvalue weighted by Gasteiger charge is -2.38. The molecule has 0 aliphatic heterocycles. The first-order chi connectivity index (χ1) is 8.05. The lowest BCUT2D eigenvalue weighted by molar-refractivity contribution is -0.143. The van der Waals surface area contributed by atoms with Gasteiger partial charge in [-0.3, -0.25) is 4.79 Å². The van der Waals surface area contributed by atoms with Crippen molar-refractivity contribution in [2.45, 2.75) is 70.4 Å². The molecule has 2 atom stereocenters. The number of amides is 1. The van der Waals surface area contributed by atoms with Gasteiger partial charge < -0.3 is 10.6 Å². The van der Waals surface area contributed by atoms with Crippen molar-refractivity contribution in [3.63, 3.8) is 0 Å². The number of carbonyl (C=O) groups is 1. The predicted octanol–water partition coefficient (Wildman–Crippen LogP) is 2.29. The average molecular weight is 238 g/mol. The summed E-state index contributed by atoms with van der Waals surface area (Å²) in [6.45, 7) is 2.06. The summed E-state index contributed by atoms with van der Waals surface area (Å²) in [5, 5.41) is 0. The van der Waals surface area contributed by atoms with Crippen molar-refractivity contribution in [3.05, 3.63) is 0 Å². The van der Waals surface area contributed by atoms with Crippen LogP contribution < -0.4 is 5.73 Å². The molecule has 0 radical (unpaired) electrons. The first-order valence-corrected chi connectivity index (χ1v) is 7.08. The number of nitrogens with two attached hydrogens (primary N) is 1. The fourth-order valence-corrected chi connectivity index (χ4v) is 3.50. The third-order valence-corrected chi connectivity index (χ3v) is 4.96. The lowest BCUT2D eigenvalue weighted by Crippen LogP contribution is -2.51. The Bertz CT molecular complexity index is 286. The van der Waals surface area contributed by atoms with Crippen molar-refractivity contribution in [1.29, 1.82) is 0 Å². The molecule has 0 saturated heterocycles. The SMILES string of the molecule is CN(C(=O)C1(C)CCCC1N)C1CCCCC1. The number of hydrogen-bond donors (Lipinski definition) is 1. The highest BCUT2D eigenvalue weighted by molar-refractivity contribution is 5.83. The van der Waals surface area contributed by atoms with E-state index in [0.717, 1.165) is 19.3 Å². The summed E-state index contributed by atoms with van der Waals surface area (Å²) in [6.07, 6.45) is 9.28. The summed E-state index contributed by atoms with van der Waals surface area (Å²) in [5.74, 6) is 0.286. The summed E-state index contributed by atoms with van der Waals surface area (Å²) in [6, 6.07) is 0.516. The van der Waals surface area contributed by atoms with Crippen LogP contribution in [0, 0.1) is 5.41 Å². The maximum absolute atomic E-state index is 12.6. The zero-order chi connectivity index (χ0) is 12.5. The van der Waals surface area contributed by atoms with Crippen LogP contribution in [0.1, 0.15) is 58.3 Å². The fourth-order valence-electron chi connectivity index (χ4n) is 3.50. The van der Waals surface area contributed by atoms with E-state index in [1.807, 2.05) is 11.9 Å². The molecule has 17 heavy (non-hydrogen) atoms. The van der Waals surface area contributed by atoms with Crippen LogP contribution in [-0.2, 0) is 4.79 Å². The van der Waals surface area contributed by atoms with Crippen LogP contribution in [0.5, 0.6) is 0 Å². The molecule has 3 heteroatoms. The van der Waals surface area contributed by atoms with Gasteiger partial charge in [-0.15, -0.1) is 0 Å². The van der Waals surface area contributed by atoms with Crippen LogP contribution >= 0.6 is 0 Å². The number of nitrogens with zero attached hydrogens (tertiary/aromatic N) is 1. The molecule has 2 unspecified atom stereocenters. The minimum absolute atomic E-state index is 0.0565. The number of rotatable bonds is 2. The highest BCUT2D eigenvalue weighted by atomic mass is 16.2. The highest BCUT2D eigenvalue weighted by Crippen LogP contribution is 2.39. The van der Waals surface area contributed by atoms with Crippen molar-refractivity contribution in [2.24, 2.45) is 11.1 Å². The van der Waals surface area contributed by atoms with Gasteiger partial charge in [0.15, 0.2) is 0 Å². The van der Waals surface area contributed by atoms with Crippen LogP contribution in [0.2, 0.25) is 0 Å². The normalized spacial score (nSPS) is 34.9. The van der Waals surface area contributed by atoms with Crippen molar-refractivity contribution in [1.82, 2.24) is 4.90 Å². The summed E-state index contributed by atoms with van der Waals surface area (Å²) >= 11 is 0. The van der Waals surface area contributed by atoms with Gasteiger partial charge >= 0.3 is 0 Å². The van der Waals surface area contributed by atoms with Gasteiger partial charge in [0, 0.05) is 19.1 Å². The zero-order valence-corrected chi connectivity index (χ0v) is 11.2. The molecule has 0 aromatic heterocycles. The fraction of sp³-hybridized carbons (Fsp3) is 0.929. The molecular formula is C14H26N2O. The van der Waals surface area contributed by atoms with E-state index in [1.54, 1.807) is 0 Å². The Morgan fingerprint density at radius 1 is 1.18 bits per heavy atom. The zero-order valence-electron chi connectivity index (χ0n) is 11.2. The standard InChI is InChI=1S/C14H26N2O/c1-14(10-6-9-12(14)15)13(17)16(2)11-7-4-3-5-8-11/h11-12H,3-10,15H2,1-2H3. The monoisotopic (exact) mass is 238 g/mol. The highest BCUT2D eigenvalue weighted by Gasteiger charge is 2.45. The molecule has 1 amide bonds. The molecule has 2 aliphatic carbocycles. The third-order valence-electron chi connectivity index (χ3n) is 4.96. The van der Waals surface area contributed by atoms with Gasteiger partial charge in [-0.2, -0.15) is 0 Å². The Hall–Kier alpha value is -0.570. The van der Waals surface area contributed by atoms with Gasteiger partial charge in [-0.1, -0.05) is 25.7 Å². The first kappa shape index (κ1) is 12.9. The minimum atomic E-state index is -0.299. The van der Waals surface area contributed by atoms with Crippen LogP contribution in [0.25, 0.3) is 0 Å². The molecule has 0 bridgehead atoms. The first-order valence-electron chi connectivity index (χ1n) is 7.08. The predicted molar refractivity (Wildman–Crippen MR) is 69.6 cm³/mol. The second kappa shape index (κ2) is 4.97. The van der Waals surface area contributed by atoms with Crippen LogP contribution in [0.15, 0.2) is 0 Å². The maximum atomic E-state index is 12.6. The van der Waals surface area contributed by atoms with E-state index in [9.17, 15) is 4.79 Å². The Labute approximate surface area is 105 Å². The van der Waals surface area contributed by atoms with Gasteiger partial charge in [0.2, 0.25) is 5.91 Å². The van der Waals surface area contributed by atoms with Gasteiger partial charge in [0.1, 0.15) is 0 Å². The third kappa shape index (κ3) is 2.35. The summed E-state index contributed by atoms with van der Waals surface area (Å²) < 4.78 is 0. The molecule has 0 aromatic carbocycles. The Morgan fingerprint density at radius 2 is 1.82 bits per heavy atom. The molecule has 2 fully saturated rings. The molecule has 2 aliphatic rings. The van der Waals surface area contributed by atoms with Crippen molar-refractivity contribution >= 4 is 5.91 Å². The molecule has 98 valence electrons. The van der Waals surface area contributed by atoms with Crippen LogP contribution in [0.4, 0.5) is 0 Å². The summed E-state index contributed by atoms with van der Waals surface area (Å²) in [4.78, 5) is 14.6. The Balaban J connectivity index is 2.03. The van der Waals surface area contributed by atoms with E-state index >= 15 is 0 Å². The quantitative estimate of drug-likeness (QED) is 0.802.